The fourth-order valence-corrected chi connectivity index (χ4v) is 4.21. The maximum Gasteiger partial charge on any atom is 0.267 e. The lowest BCUT2D eigenvalue weighted by atomic mass is 10.2. The Labute approximate surface area is 177 Å². The van der Waals surface area contributed by atoms with E-state index in [1.54, 1.807) is 36.3 Å². The van der Waals surface area contributed by atoms with Crippen LogP contribution >= 0.6 is 47.2 Å². The summed E-state index contributed by atoms with van der Waals surface area (Å²) < 4.78 is 5.68. The molecule has 1 heterocycles. The van der Waals surface area contributed by atoms with Gasteiger partial charge in [-0.3, -0.25) is 9.69 Å². The summed E-state index contributed by atoms with van der Waals surface area (Å²) in [5.41, 5.74) is 1.68. The number of halogens is 2. The van der Waals surface area contributed by atoms with Gasteiger partial charge in [-0.1, -0.05) is 53.2 Å². The second kappa shape index (κ2) is 8.52. The van der Waals surface area contributed by atoms with Gasteiger partial charge in [0.05, 0.1) is 18.7 Å². The van der Waals surface area contributed by atoms with Crippen LogP contribution in [-0.2, 0) is 4.79 Å². The molecule has 0 spiro atoms. The molecule has 2 aromatic carbocycles. The van der Waals surface area contributed by atoms with Crippen LogP contribution in [0.3, 0.4) is 0 Å². The van der Waals surface area contributed by atoms with E-state index in [4.69, 9.17) is 40.2 Å². The maximum atomic E-state index is 12.8. The highest BCUT2D eigenvalue weighted by Crippen LogP contribution is 2.34. The van der Waals surface area contributed by atoms with E-state index in [0.29, 0.717) is 25.9 Å². The van der Waals surface area contributed by atoms with Crippen molar-refractivity contribution in [2.24, 2.45) is 0 Å². The molecule has 0 aromatic heterocycles. The number of nitrogens with zero attached hydrogens (tertiary/aromatic N) is 2. The van der Waals surface area contributed by atoms with E-state index in [1.165, 1.54) is 11.8 Å². The third-order valence-corrected chi connectivity index (χ3v) is 5.93. The molecule has 1 saturated heterocycles. The highest BCUT2D eigenvalue weighted by atomic mass is 35.5. The number of ether oxygens (including phenoxy) is 1. The van der Waals surface area contributed by atoms with E-state index < -0.39 is 0 Å². The maximum absolute atomic E-state index is 12.8. The van der Waals surface area contributed by atoms with Crippen LogP contribution in [0, 0.1) is 0 Å². The summed E-state index contributed by atoms with van der Waals surface area (Å²) in [5.74, 6) is 0.636. The molecule has 0 saturated carbocycles. The fraction of sp³-hybridized carbons (Fsp3) is 0.158. The standard InChI is InChI=1S/C19H16Cl2N2O2S2/c1-22(14-5-7-15(25-2)8-6-14)11-23-18(24)17(27-19(23)26)9-12-3-4-13(20)10-16(12)21/h3-10H,11H2,1-2H3. The quantitative estimate of drug-likeness (QED) is 0.467. The molecule has 3 rings (SSSR count). The van der Waals surface area contributed by atoms with Gasteiger partial charge >= 0.3 is 0 Å². The SMILES string of the molecule is COc1ccc(N(C)CN2C(=O)C(=Cc3ccc(Cl)cc3Cl)SC2=S)cc1. The van der Waals surface area contributed by atoms with Crippen LogP contribution in [0.15, 0.2) is 47.4 Å². The highest BCUT2D eigenvalue weighted by molar-refractivity contribution is 8.26. The Hall–Kier alpha value is -1.73. The van der Waals surface area contributed by atoms with Crippen LogP contribution < -0.4 is 9.64 Å². The summed E-state index contributed by atoms with van der Waals surface area (Å²) in [7, 11) is 3.53. The molecule has 0 aliphatic carbocycles. The van der Waals surface area contributed by atoms with Crippen LogP contribution in [0.25, 0.3) is 6.08 Å². The monoisotopic (exact) mass is 438 g/mol. The number of thioether (sulfide) groups is 1. The van der Waals surface area contributed by atoms with Crippen molar-refractivity contribution in [1.82, 2.24) is 4.90 Å². The minimum absolute atomic E-state index is 0.142. The topological polar surface area (TPSA) is 32.8 Å². The van der Waals surface area contributed by atoms with Crippen molar-refractivity contribution in [1.29, 1.82) is 0 Å². The molecule has 0 atom stereocenters. The second-order valence-electron chi connectivity index (χ2n) is 5.81. The Morgan fingerprint density at radius 2 is 1.93 bits per heavy atom. The van der Waals surface area contributed by atoms with Crippen molar-refractivity contribution in [3.63, 3.8) is 0 Å². The zero-order valence-corrected chi connectivity index (χ0v) is 17.8. The van der Waals surface area contributed by atoms with Crippen LogP contribution in [0.5, 0.6) is 5.75 Å². The van der Waals surface area contributed by atoms with Gasteiger partial charge in [-0.05, 0) is 48.0 Å². The van der Waals surface area contributed by atoms with Gasteiger partial charge in [0.1, 0.15) is 10.1 Å². The summed E-state index contributed by atoms with van der Waals surface area (Å²) in [6.45, 7) is 0.350. The number of rotatable bonds is 5. The molecule has 0 unspecified atom stereocenters. The average molecular weight is 439 g/mol. The number of carbonyl (C=O) groups excluding carboxylic acids is 1. The van der Waals surface area contributed by atoms with E-state index in [2.05, 4.69) is 0 Å². The normalized spacial score (nSPS) is 15.6. The van der Waals surface area contributed by atoms with Gasteiger partial charge in [-0.15, -0.1) is 0 Å². The average Bonchev–Trinajstić information content (AvgIpc) is 2.91. The number of amides is 1. The van der Waals surface area contributed by atoms with Crippen LogP contribution in [0.2, 0.25) is 10.0 Å². The molecule has 0 N–H and O–H groups in total. The zero-order valence-electron chi connectivity index (χ0n) is 14.6. The number of hydrogen-bond acceptors (Lipinski definition) is 5. The Morgan fingerprint density at radius 3 is 2.56 bits per heavy atom. The Morgan fingerprint density at radius 1 is 1.22 bits per heavy atom. The lowest BCUT2D eigenvalue weighted by Crippen LogP contribution is -2.38. The van der Waals surface area contributed by atoms with Gasteiger partial charge in [-0.25, -0.2) is 0 Å². The fourth-order valence-electron chi connectivity index (χ4n) is 2.51. The van der Waals surface area contributed by atoms with E-state index in [9.17, 15) is 4.79 Å². The first-order valence-electron chi connectivity index (χ1n) is 7.94. The highest BCUT2D eigenvalue weighted by Gasteiger charge is 2.32. The summed E-state index contributed by atoms with van der Waals surface area (Å²) in [4.78, 5) is 16.9. The number of thiocarbonyl (C=S) groups is 1. The third kappa shape index (κ3) is 4.58. The van der Waals surface area contributed by atoms with Crippen molar-refractivity contribution >= 4 is 69.2 Å². The summed E-state index contributed by atoms with van der Waals surface area (Å²) in [6, 6.07) is 12.8. The first kappa shape index (κ1) is 20.0. The molecule has 1 fully saturated rings. The number of carbonyl (C=O) groups is 1. The zero-order chi connectivity index (χ0) is 19.6. The van der Waals surface area contributed by atoms with E-state index >= 15 is 0 Å². The number of anilines is 1. The number of hydrogen-bond donors (Lipinski definition) is 0. The number of benzene rings is 2. The van der Waals surface area contributed by atoms with Crippen LogP contribution in [-0.4, -0.2) is 36.0 Å². The predicted molar refractivity (Wildman–Crippen MR) is 118 cm³/mol. The largest absolute Gasteiger partial charge is 0.497 e. The lowest BCUT2D eigenvalue weighted by molar-refractivity contribution is -0.122. The van der Waals surface area contributed by atoms with E-state index in [1.807, 2.05) is 36.2 Å². The van der Waals surface area contributed by atoms with Crippen molar-refractivity contribution in [2.45, 2.75) is 0 Å². The van der Waals surface area contributed by atoms with E-state index in [-0.39, 0.29) is 5.91 Å². The molecule has 1 amide bonds. The molecule has 140 valence electrons. The molecular formula is C19H16Cl2N2O2S2. The van der Waals surface area contributed by atoms with Gasteiger partial charge < -0.3 is 9.64 Å². The predicted octanol–water partition coefficient (Wildman–Crippen LogP) is 5.30. The minimum atomic E-state index is -0.142. The van der Waals surface area contributed by atoms with Crippen molar-refractivity contribution in [3.8, 4) is 5.75 Å². The Kier molecular flexibility index (Phi) is 6.32. The summed E-state index contributed by atoms with van der Waals surface area (Å²) in [6.07, 6.45) is 1.74. The molecule has 27 heavy (non-hydrogen) atoms. The van der Waals surface area contributed by atoms with Crippen LogP contribution in [0.4, 0.5) is 5.69 Å². The Bertz CT molecular complexity index is 916. The molecule has 0 bridgehead atoms. The minimum Gasteiger partial charge on any atom is -0.497 e. The lowest BCUT2D eigenvalue weighted by Gasteiger charge is -2.25. The van der Waals surface area contributed by atoms with Crippen molar-refractivity contribution < 1.29 is 9.53 Å². The van der Waals surface area contributed by atoms with Gasteiger partial charge in [0.25, 0.3) is 5.91 Å². The van der Waals surface area contributed by atoms with Gasteiger partial charge in [-0.2, -0.15) is 0 Å². The van der Waals surface area contributed by atoms with E-state index in [0.717, 1.165) is 17.0 Å². The first-order chi connectivity index (χ1) is 12.9. The van der Waals surface area contributed by atoms with Crippen molar-refractivity contribution in [3.05, 3.63) is 63.0 Å². The smallest absolute Gasteiger partial charge is 0.267 e. The summed E-state index contributed by atoms with van der Waals surface area (Å²) in [5, 5.41) is 1.04. The number of methoxy groups -OCH3 is 1. The molecule has 4 nitrogen and oxygen atoms in total. The van der Waals surface area contributed by atoms with Gasteiger partial charge in [0.15, 0.2) is 0 Å². The van der Waals surface area contributed by atoms with Gasteiger partial charge in [0, 0.05) is 22.8 Å². The molecule has 0 radical (unpaired) electrons. The second-order valence-corrected chi connectivity index (χ2v) is 8.33. The molecule has 1 aliphatic rings. The Balaban J connectivity index is 1.76. The molecule has 2 aromatic rings. The van der Waals surface area contributed by atoms with Gasteiger partial charge in [0.2, 0.25) is 0 Å². The molecule has 1 aliphatic heterocycles. The molecule has 8 heteroatoms. The first-order valence-corrected chi connectivity index (χ1v) is 9.92. The van der Waals surface area contributed by atoms with Crippen LogP contribution in [0.1, 0.15) is 5.56 Å². The van der Waals surface area contributed by atoms with Crippen molar-refractivity contribution in [2.75, 3.05) is 25.7 Å². The molecular weight excluding hydrogens is 423 g/mol. The summed E-state index contributed by atoms with van der Waals surface area (Å²) >= 11 is 18.8. The third-order valence-electron chi connectivity index (χ3n) is 3.99.